The number of carbonyl (C=O) groups is 1. The molecule has 0 spiro atoms. The number of rotatable bonds is 4. The number of aryl methyl sites for hydroxylation is 1. The Hall–Kier alpha value is -2.63. The second-order valence-electron chi connectivity index (χ2n) is 7.60. The van der Waals surface area contributed by atoms with Crippen molar-refractivity contribution in [1.82, 2.24) is 24.6 Å². The monoisotopic (exact) mass is 349 g/mol. The Kier molecular flexibility index (Phi) is 3.58. The van der Waals surface area contributed by atoms with Crippen LogP contribution in [0.3, 0.4) is 0 Å². The van der Waals surface area contributed by atoms with Crippen LogP contribution in [0.2, 0.25) is 0 Å². The van der Waals surface area contributed by atoms with Crippen molar-refractivity contribution < 1.29 is 4.79 Å². The third kappa shape index (κ3) is 2.60. The molecule has 1 saturated carbocycles. The smallest absolute Gasteiger partial charge is 0.223 e. The Morgan fingerprint density at radius 2 is 2.12 bits per heavy atom. The summed E-state index contributed by atoms with van der Waals surface area (Å²) in [7, 11) is 0. The van der Waals surface area contributed by atoms with E-state index in [4.69, 9.17) is 0 Å². The third-order valence-corrected chi connectivity index (χ3v) is 5.63. The molecular weight excluding hydrogens is 326 g/mol. The second-order valence-corrected chi connectivity index (χ2v) is 7.60. The van der Waals surface area contributed by atoms with Crippen molar-refractivity contribution in [2.75, 3.05) is 6.54 Å². The molecule has 0 radical (unpaired) electrons. The van der Waals surface area contributed by atoms with Crippen molar-refractivity contribution in [3.8, 4) is 0 Å². The molecule has 1 aliphatic carbocycles. The summed E-state index contributed by atoms with van der Waals surface area (Å²) in [6.45, 7) is 3.49. The van der Waals surface area contributed by atoms with Crippen LogP contribution >= 0.6 is 0 Å². The molecule has 2 aromatic heterocycles. The maximum absolute atomic E-state index is 12.8. The normalized spacial score (nSPS) is 19.7. The summed E-state index contributed by atoms with van der Waals surface area (Å²) >= 11 is 0. The molecule has 3 aromatic rings. The zero-order valence-electron chi connectivity index (χ0n) is 15.0. The first-order valence-electron chi connectivity index (χ1n) is 9.47. The Labute approximate surface area is 152 Å². The number of carbonyl (C=O) groups excluding carboxylic acids is 1. The van der Waals surface area contributed by atoms with E-state index in [2.05, 4.69) is 38.8 Å². The van der Waals surface area contributed by atoms with Gasteiger partial charge >= 0.3 is 0 Å². The molecule has 2 aliphatic rings. The van der Waals surface area contributed by atoms with Crippen molar-refractivity contribution in [3.63, 3.8) is 0 Å². The molecular formula is C20H23N5O. The first-order valence-corrected chi connectivity index (χ1v) is 9.47. The van der Waals surface area contributed by atoms with Gasteiger partial charge in [0.25, 0.3) is 0 Å². The number of para-hydroxylation sites is 1. The molecule has 1 amide bonds. The molecule has 6 heteroatoms. The SMILES string of the molecule is C[C@H]1CN(C(=O)CCc2c[nH]c3ccccc23)Cc2nnc(C3CC3)n21. The lowest BCUT2D eigenvalue weighted by Gasteiger charge is -2.32. The van der Waals surface area contributed by atoms with E-state index in [1.165, 1.54) is 23.8 Å². The number of nitrogens with one attached hydrogen (secondary N) is 1. The van der Waals surface area contributed by atoms with Crippen LogP contribution in [0, 0.1) is 0 Å². The van der Waals surface area contributed by atoms with E-state index in [0.717, 1.165) is 30.1 Å². The van der Waals surface area contributed by atoms with Gasteiger partial charge in [0.05, 0.1) is 12.6 Å². The maximum atomic E-state index is 12.8. The highest BCUT2D eigenvalue weighted by molar-refractivity contribution is 5.84. The highest BCUT2D eigenvalue weighted by Crippen LogP contribution is 2.41. The number of aromatic nitrogens is 4. The van der Waals surface area contributed by atoms with Crippen LogP contribution < -0.4 is 0 Å². The molecule has 1 N–H and O–H groups in total. The van der Waals surface area contributed by atoms with Crippen LogP contribution in [0.5, 0.6) is 0 Å². The number of nitrogens with zero attached hydrogens (tertiary/aromatic N) is 4. The van der Waals surface area contributed by atoms with Gasteiger partial charge in [0, 0.05) is 36.0 Å². The predicted octanol–water partition coefficient (Wildman–Crippen LogP) is 3.17. The average molecular weight is 349 g/mol. The van der Waals surface area contributed by atoms with Gasteiger partial charge in [0.1, 0.15) is 5.82 Å². The molecule has 26 heavy (non-hydrogen) atoms. The molecule has 1 aliphatic heterocycles. The fourth-order valence-electron chi connectivity index (χ4n) is 4.11. The fourth-order valence-corrected chi connectivity index (χ4v) is 4.11. The van der Waals surface area contributed by atoms with Crippen molar-refractivity contribution in [2.24, 2.45) is 0 Å². The Morgan fingerprint density at radius 3 is 2.96 bits per heavy atom. The van der Waals surface area contributed by atoms with E-state index in [1.807, 2.05) is 23.2 Å². The summed E-state index contributed by atoms with van der Waals surface area (Å²) in [5, 5.41) is 9.97. The molecule has 134 valence electrons. The predicted molar refractivity (Wildman–Crippen MR) is 98.7 cm³/mol. The quantitative estimate of drug-likeness (QED) is 0.787. The first-order chi connectivity index (χ1) is 12.7. The molecule has 3 heterocycles. The van der Waals surface area contributed by atoms with Crippen LogP contribution in [-0.4, -0.2) is 37.1 Å². The minimum atomic E-state index is 0.198. The molecule has 0 saturated heterocycles. The van der Waals surface area contributed by atoms with Gasteiger partial charge in [-0.25, -0.2) is 0 Å². The molecule has 5 rings (SSSR count). The molecule has 1 fully saturated rings. The van der Waals surface area contributed by atoms with Crippen LogP contribution in [-0.2, 0) is 17.8 Å². The van der Waals surface area contributed by atoms with Gasteiger partial charge in [-0.15, -0.1) is 10.2 Å². The topological polar surface area (TPSA) is 66.8 Å². The van der Waals surface area contributed by atoms with Gasteiger partial charge in [0.15, 0.2) is 5.82 Å². The van der Waals surface area contributed by atoms with Gasteiger partial charge in [-0.3, -0.25) is 4.79 Å². The lowest BCUT2D eigenvalue weighted by Crippen LogP contribution is -2.40. The summed E-state index contributed by atoms with van der Waals surface area (Å²) in [5.41, 5.74) is 2.33. The largest absolute Gasteiger partial charge is 0.361 e. The zero-order chi connectivity index (χ0) is 17.7. The molecule has 1 aromatic carbocycles. The Balaban J connectivity index is 1.28. The van der Waals surface area contributed by atoms with Gasteiger partial charge < -0.3 is 14.5 Å². The summed E-state index contributed by atoms with van der Waals surface area (Å²) in [4.78, 5) is 18.0. The van der Waals surface area contributed by atoms with Crippen molar-refractivity contribution in [3.05, 3.63) is 47.7 Å². The van der Waals surface area contributed by atoms with Gasteiger partial charge in [-0.2, -0.15) is 0 Å². The lowest BCUT2D eigenvalue weighted by molar-refractivity contribution is -0.133. The standard InChI is InChI=1S/C20H23N5O/c1-13-11-24(12-18-22-23-20(25(13)18)14-6-7-14)19(26)9-8-15-10-21-17-5-3-2-4-16(15)17/h2-5,10,13-14,21H,6-9,11-12H2,1H3/t13-/m0/s1. The zero-order valence-corrected chi connectivity index (χ0v) is 15.0. The van der Waals surface area contributed by atoms with Crippen molar-refractivity contribution in [2.45, 2.75) is 51.1 Å². The number of amides is 1. The fraction of sp³-hybridized carbons (Fsp3) is 0.450. The van der Waals surface area contributed by atoms with Crippen LogP contribution in [0.1, 0.15) is 55.4 Å². The summed E-state index contributed by atoms with van der Waals surface area (Å²) in [5.74, 6) is 2.84. The number of benzene rings is 1. The highest BCUT2D eigenvalue weighted by atomic mass is 16.2. The average Bonchev–Trinajstić information content (AvgIpc) is 3.27. The third-order valence-electron chi connectivity index (χ3n) is 5.63. The molecule has 0 bridgehead atoms. The number of aromatic amines is 1. The highest BCUT2D eigenvalue weighted by Gasteiger charge is 2.35. The number of fused-ring (bicyclic) bond motifs is 2. The van der Waals surface area contributed by atoms with Crippen molar-refractivity contribution in [1.29, 1.82) is 0 Å². The van der Waals surface area contributed by atoms with E-state index < -0.39 is 0 Å². The van der Waals surface area contributed by atoms with Crippen molar-refractivity contribution >= 4 is 16.8 Å². The van der Waals surface area contributed by atoms with Gasteiger partial charge in [-0.05, 0) is 37.8 Å². The van der Waals surface area contributed by atoms with E-state index >= 15 is 0 Å². The number of H-pyrrole nitrogens is 1. The minimum Gasteiger partial charge on any atom is -0.361 e. The minimum absolute atomic E-state index is 0.198. The summed E-state index contributed by atoms with van der Waals surface area (Å²) in [6, 6.07) is 8.49. The summed E-state index contributed by atoms with van der Waals surface area (Å²) in [6.07, 6.45) is 5.75. The summed E-state index contributed by atoms with van der Waals surface area (Å²) < 4.78 is 2.26. The van der Waals surface area contributed by atoms with Crippen LogP contribution in [0.15, 0.2) is 30.5 Å². The number of hydrogen-bond donors (Lipinski definition) is 1. The molecule has 1 atom stereocenters. The maximum Gasteiger partial charge on any atom is 0.223 e. The lowest BCUT2D eigenvalue weighted by atomic mass is 10.1. The van der Waals surface area contributed by atoms with Crippen LogP contribution in [0.25, 0.3) is 10.9 Å². The second kappa shape index (κ2) is 5.97. The Morgan fingerprint density at radius 1 is 1.27 bits per heavy atom. The van der Waals surface area contributed by atoms with Gasteiger partial charge in [-0.1, -0.05) is 18.2 Å². The Bertz CT molecular complexity index is 968. The number of hydrogen-bond acceptors (Lipinski definition) is 3. The van der Waals surface area contributed by atoms with E-state index in [-0.39, 0.29) is 11.9 Å². The van der Waals surface area contributed by atoms with E-state index in [0.29, 0.717) is 18.9 Å². The van der Waals surface area contributed by atoms with E-state index in [1.54, 1.807) is 0 Å². The van der Waals surface area contributed by atoms with Gasteiger partial charge in [0.2, 0.25) is 5.91 Å². The molecule has 6 nitrogen and oxygen atoms in total. The molecule has 0 unspecified atom stereocenters. The van der Waals surface area contributed by atoms with Crippen LogP contribution in [0.4, 0.5) is 0 Å². The first kappa shape index (κ1) is 15.6. The van der Waals surface area contributed by atoms with E-state index in [9.17, 15) is 4.79 Å².